The Bertz CT molecular complexity index is 531. The van der Waals surface area contributed by atoms with E-state index in [1.54, 1.807) is 0 Å². The van der Waals surface area contributed by atoms with E-state index in [9.17, 15) is 19.8 Å². The zero-order valence-corrected chi connectivity index (χ0v) is 13.6. The van der Waals surface area contributed by atoms with Crippen LogP contribution in [0.25, 0.3) is 0 Å². The van der Waals surface area contributed by atoms with Crippen molar-refractivity contribution in [2.75, 3.05) is 20.0 Å². The molecule has 0 saturated heterocycles. The summed E-state index contributed by atoms with van der Waals surface area (Å²) in [5.74, 6) is 0.135. The summed E-state index contributed by atoms with van der Waals surface area (Å²) in [6, 6.07) is 4.49. The van der Waals surface area contributed by atoms with Crippen molar-refractivity contribution in [3.63, 3.8) is 0 Å². The minimum Gasteiger partial charge on any atom is -0.496 e. The summed E-state index contributed by atoms with van der Waals surface area (Å²) in [6.07, 6.45) is -1.87. The highest BCUT2D eigenvalue weighted by Gasteiger charge is 2.21. The monoisotopic (exact) mass is 328 g/mol. The van der Waals surface area contributed by atoms with Crippen LogP contribution < -0.4 is 4.74 Å². The van der Waals surface area contributed by atoms with Gasteiger partial charge in [0.1, 0.15) is 17.4 Å². The first-order chi connectivity index (χ1) is 10.4. The van der Waals surface area contributed by atoms with Crippen molar-refractivity contribution in [2.45, 2.75) is 25.6 Å². The van der Waals surface area contributed by atoms with Crippen LogP contribution >= 0.6 is 11.8 Å². The Balaban J connectivity index is 2.82. The van der Waals surface area contributed by atoms with Crippen LogP contribution in [0.15, 0.2) is 18.2 Å². The van der Waals surface area contributed by atoms with Crippen LogP contribution in [0.4, 0.5) is 0 Å². The molecule has 1 aromatic carbocycles. The molecule has 0 aliphatic heterocycles. The van der Waals surface area contributed by atoms with E-state index in [4.69, 9.17) is 4.74 Å². The summed E-state index contributed by atoms with van der Waals surface area (Å²) in [5.41, 5.74) is 0.660. The van der Waals surface area contributed by atoms with Gasteiger partial charge in [0.15, 0.2) is 5.12 Å². The van der Waals surface area contributed by atoms with Crippen LogP contribution in [0.1, 0.15) is 35.4 Å². The van der Waals surface area contributed by atoms with Crippen molar-refractivity contribution in [3.05, 3.63) is 29.3 Å². The number of hydrogen-bond acceptors (Lipinski definition) is 7. The zero-order chi connectivity index (χ0) is 16.7. The quantitative estimate of drug-likeness (QED) is 0.733. The molecule has 2 unspecified atom stereocenters. The van der Waals surface area contributed by atoms with Crippen LogP contribution in [0, 0.1) is 0 Å². The molecule has 0 aliphatic rings. The van der Waals surface area contributed by atoms with Crippen molar-refractivity contribution >= 4 is 22.8 Å². The van der Waals surface area contributed by atoms with Gasteiger partial charge in [-0.05, 0) is 24.1 Å². The van der Waals surface area contributed by atoms with Gasteiger partial charge in [0.05, 0.1) is 20.3 Å². The maximum absolute atomic E-state index is 11.6. The van der Waals surface area contributed by atoms with E-state index in [1.807, 2.05) is 0 Å². The summed E-state index contributed by atoms with van der Waals surface area (Å²) < 4.78 is 9.75. The van der Waals surface area contributed by atoms with Crippen LogP contribution in [-0.4, -0.2) is 47.4 Å². The molecule has 2 N–H and O–H groups in total. The fourth-order valence-electron chi connectivity index (χ4n) is 1.87. The van der Waals surface area contributed by atoms with Crippen LogP contribution in [0.3, 0.4) is 0 Å². The van der Waals surface area contributed by atoms with Gasteiger partial charge in [-0.1, -0.05) is 17.8 Å². The Hall–Kier alpha value is -1.57. The maximum Gasteiger partial charge on any atom is 0.341 e. The van der Waals surface area contributed by atoms with E-state index in [2.05, 4.69) is 4.74 Å². The van der Waals surface area contributed by atoms with Gasteiger partial charge >= 0.3 is 5.97 Å². The third kappa shape index (κ3) is 5.01. The topological polar surface area (TPSA) is 93.1 Å². The molecule has 1 rings (SSSR count). The molecule has 122 valence electrons. The number of thioether (sulfide) groups is 1. The smallest absolute Gasteiger partial charge is 0.341 e. The lowest BCUT2D eigenvalue weighted by Gasteiger charge is -2.19. The van der Waals surface area contributed by atoms with E-state index < -0.39 is 18.2 Å². The number of carbonyl (C=O) groups is 2. The molecular weight excluding hydrogens is 308 g/mol. The number of aliphatic hydroxyl groups is 2. The highest BCUT2D eigenvalue weighted by molar-refractivity contribution is 8.13. The molecule has 0 spiro atoms. The van der Waals surface area contributed by atoms with Gasteiger partial charge < -0.3 is 19.7 Å². The lowest BCUT2D eigenvalue weighted by molar-refractivity contribution is -0.109. The largest absolute Gasteiger partial charge is 0.496 e. The molecule has 0 aromatic heterocycles. The molecule has 1 aromatic rings. The number of aliphatic hydroxyl groups excluding tert-OH is 2. The number of benzene rings is 1. The van der Waals surface area contributed by atoms with Crippen molar-refractivity contribution in [2.24, 2.45) is 0 Å². The van der Waals surface area contributed by atoms with Gasteiger partial charge in [0.2, 0.25) is 0 Å². The van der Waals surface area contributed by atoms with Gasteiger partial charge in [-0.3, -0.25) is 4.79 Å². The van der Waals surface area contributed by atoms with Gasteiger partial charge in [-0.15, -0.1) is 0 Å². The number of hydrogen-bond donors (Lipinski definition) is 2. The lowest BCUT2D eigenvalue weighted by atomic mass is 10.0. The SMILES string of the molecule is COC(=O)c1ccc(C(O)C(O)CCSC(C)=O)cc1OC. The highest BCUT2D eigenvalue weighted by Crippen LogP contribution is 2.27. The lowest BCUT2D eigenvalue weighted by Crippen LogP contribution is -2.19. The van der Waals surface area contributed by atoms with E-state index in [0.29, 0.717) is 11.3 Å². The molecule has 0 heterocycles. The van der Waals surface area contributed by atoms with E-state index >= 15 is 0 Å². The molecular formula is C15H20O6S. The summed E-state index contributed by atoms with van der Waals surface area (Å²) >= 11 is 1.09. The average molecular weight is 328 g/mol. The Kier molecular flexibility index (Phi) is 7.37. The zero-order valence-electron chi connectivity index (χ0n) is 12.7. The molecule has 0 amide bonds. The Morgan fingerprint density at radius 1 is 1.27 bits per heavy atom. The van der Waals surface area contributed by atoms with Crippen molar-refractivity contribution in [1.82, 2.24) is 0 Å². The average Bonchev–Trinajstić information content (AvgIpc) is 2.52. The Labute approximate surface area is 133 Å². The third-order valence-electron chi connectivity index (χ3n) is 3.06. The number of carbonyl (C=O) groups excluding carboxylic acids is 2. The summed E-state index contributed by atoms with van der Waals surface area (Å²) in [6.45, 7) is 1.45. The van der Waals surface area contributed by atoms with Crippen molar-refractivity contribution in [3.8, 4) is 5.75 Å². The van der Waals surface area contributed by atoms with Crippen molar-refractivity contribution < 1.29 is 29.3 Å². The van der Waals surface area contributed by atoms with Gasteiger partial charge in [-0.25, -0.2) is 4.79 Å². The normalized spacial score (nSPS) is 13.3. The first-order valence-electron chi connectivity index (χ1n) is 6.66. The van der Waals surface area contributed by atoms with Crippen LogP contribution in [0.2, 0.25) is 0 Å². The summed E-state index contributed by atoms with van der Waals surface area (Å²) in [5, 5.41) is 20.1. The van der Waals surface area contributed by atoms with Gasteiger partial charge in [0, 0.05) is 12.7 Å². The van der Waals surface area contributed by atoms with Crippen LogP contribution in [0.5, 0.6) is 5.75 Å². The fraction of sp³-hybridized carbons (Fsp3) is 0.467. The van der Waals surface area contributed by atoms with E-state index in [1.165, 1.54) is 39.3 Å². The van der Waals surface area contributed by atoms with Crippen LogP contribution in [-0.2, 0) is 9.53 Å². The molecule has 22 heavy (non-hydrogen) atoms. The fourth-order valence-corrected chi connectivity index (χ4v) is 2.52. The standard InChI is InChI=1S/C15H20O6S/c1-9(16)22-7-6-12(17)14(18)10-4-5-11(15(19)21-3)13(8-10)20-2/h4-5,8,12,14,17-18H,6-7H2,1-3H3. The second-order valence-corrected chi connectivity index (χ2v) is 5.86. The first-order valence-corrected chi connectivity index (χ1v) is 7.65. The molecule has 0 saturated carbocycles. The maximum atomic E-state index is 11.6. The second kappa shape index (κ2) is 8.77. The molecule has 0 radical (unpaired) electrons. The van der Waals surface area contributed by atoms with Gasteiger partial charge in [-0.2, -0.15) is 0 Å². The number of methoxy groups -OCH3 is 2. The molecule has 0 aliphatic carbocycles. The molecule has 7 heteroatoms. The Morgan fingerprint density at radius 2 is 1.95 bits per heavy atom. The van der Waals surface area contributed by atoms with Gasteiger partial charge in [0.25, 0.3) is 0 Å². The first kappa shape index (κ1) is 18.5. The number of ether oxygens (including phenoxy) is 2. The number of rotatable bonds is 7. The predicted molar refractivity (Wildman–Crippen MR) is 83.1 cm³/mol. The summed E-state index contributed by atoms with van der Waals surface area (Å²) in [7, 11) is 2.67. The molecule has 6 nitrogen and oxygen atoms in total. The highest BCUT2D eigenvalue weighted by atomic mass is 32.2. The predicted octanol–water partition coefficient (Wildman–Crippen LogP) is 1.55. The summed E-state index contributed by atoms with van der Waals surface area (Å²) in [4.78, 5) is 22.4. The van der Waals surface area contributed by atoms with E-state index in [-0.39, 0.29) is 22.8 Å². The van der Waals surface area contributed by atoms with E-state index in [0.717, 1.165) is 11.8 Å². The Morgan fingerprint density at radius 3 is 2.50 bits per heavy atom. The minimum atomic E-state index is -1.13. The molecule has 0 fully saturated rings. The third-order valence-corrected chi connectivity index (χ3v) is 3.90. The minimum absolute atomic E-state index is 0.0363. The van der Waals surface area contributed by atoms with Crippen molar-refractivity contribution in [1.29, 1.82) is 0 Å². The second-order valence-electron chi connectivity index (χ2n) is 4.59. The molecule has 0 bridgehead atoms. The number of esters is 1. The molecule has 2 atom stereocenters.